The number of unbranched alkanes of at least 4 members (excludes halogenated alkanes) is 6. The first-order valence-corrected chi connectivity index (χ1v) is 9.32. The summed E-state index contributed by atoms with van der Waals surface area (Å²) in [5.41, 5.74) is -1.19. The van der Waals surface area contributed by atoms with E-state index in [1.54, 1.807) is 17.7 Å². The van der Waals surface area contributed by atoms with Crippen molar-refractivity contribution < 1.29 is 14.5 Å². The Morgan fingerprint density at radius 2 is 1.83 bits per heavy atom. The number of carbonyl (C=O) groups is 1. The van der Waals surface area contributed by atoms with Gasteiger partial charge in [0.2, 0.25) is 0 Å². The van der Waals surface area contributed by atoms with Gasteiger partial charge in [-0.1, -0.05) is 52.0 Å². The highest BCUT2D eigenvalue weighted by Crippen LogP contribution is 2.22. The highest BCUT2D eigenvalue weighted by atomic mass is 79.9. The van der Waals surface area contributed by atoms with Crippen molar-refractivity contribution in [3.8, 4) is 0 Å². The number of aliphatic hydroxyl groups is 1. The summed E-state index contributed by atoms with van der Waals surface area (Å²) in [5.74, 6) is -0.319. The number of ketones is 1. The summed E-state index contributed by atoms with van der Waals surface area (Å²) in [6, 6.07) is 5.49. The summed E-state index contributed by atoms with van der Waals surface area (Å²) in [6.07, 6.45) is 10.1. The molecule has 4 heteroatoms. The second-order valence-corrected chi connectivity index (χ2v) is 7.00. The molecule has 0 saturated carbocycles. The lowest BCUT2D eigenvalue weighted by Crippen LogP contribution is -2.62. The Kier molecular flexibility index (Phi) is 8.71. The van der Waals surface area contributed by atoms with Crippen molar-refractivity contribution in [2.45, 2.75) is 70.9 Å². The molecule has 0 saturated heterocycles. The molecule has 0 fully saturated rings. The molecule has 1 unspecified atom stereocenters. The zero-order valence-electron chi connectivity index (χ0n) is 14.4. The highest BCUT2D eigenvalue weighted by Gasteiger charge is 2.46. The van der Waals surface area contributed by atoms with E-state index in [1.165, 1.54) is 25.7 Å². The second kappa shape index (κ2) is 9.99. The van der Waals surface area contributed by atoms with Crippen LogP contribution in [0, 0.1) is 0 Å². The van der Waals surface area contributed by atoms with E-state index >= 15 is 0 Å². The lowest BCUT2D eigenvalue weighted by Gasteiger charge is -2.22. The van der Waals surface area contributed by atoms with Gasteiger partial charge in [-0.05, 0) is 25.0 Å². The highest BCUT2D eigenvalue weighted by molar-refractivity contribution is 9.10. The Labute approximate surface area is 148 Å². The Morgan fingerprint density at radius 3 is 2.39 bits per heavy atom. The van der Waals surface area contributed by atoms with Crippen LogP contribution in [0.25, 0.3) is 0 Å². The monoisotopic (exact) mass is 382 g/mol. The molecule has 1 heterocycles. The Hall–Kier alpha value is -1.00. The van der Waals surface area contributed by atoms with E-state index in [-0.39, 0.29) is 5.78 Å². The van der Waals surface area contributed by atoms with Crippen LogP contribution in [-0.4, -0.2) is 10.9 Å². The number of carbonyl (C=O) groups excluding carboxylic acids is 1. The first-order chi connectivity index (χ1) is 10.9. The van der Waals surface area contributed by atoms with Gasteiger partial charge < -0.3 is 5.11 Å². The molecule has 128 valence electrons. The van der Waals surface area contributed by atoms with Crippen molar-refractivity contribution >= 4 is 21.7 Å². The van der Waals surface area contributed by atoms with Crippen LogP contribution in [-0.2, 0) is 10.5 Å². The number of aromatic nitrogens is 1. The number of nitrogens with zero attached hydrogens (tertiary/aromatic N) is 1. The summed E-state index contributed by atoms with van der Waals surface area (Å²) >= 11 is 3.42. The van der Waals surface area contributed by atoms with Crippen molar-refractivity contribution in [3.05, 3.63) is 41.2 Å². The van der Waals surface area contributed by atoms with Crippen LogP contribution in [0.1, 0.15) is 65.2 Å². The quantitative estimate of drug-likeness (QED) is 0.261. The molecule has 3 nitrogen and oxygen atoms in total. The van der Waals surface area contributed by atoms with Gasteiger partial charge in [-0.2, -0.15) is 4.57 Å². The van der Waals surface area contributed by atoms with Gasteiger partial charge >= 0.3 is 5.72 Å². The molecule has 0 bridgehead atoms. The van der Waals surface area contributed by atoms with Crippen LogP contribution in [0.15, 0.2) is 41.2 Å². The molecule has 0 amide bonds. The fraction of sp³-hybridized carbons (Fsp3) is 0.579. The first-order valence-electron chi connectivity index (χ1n) is 8.53. The fourth-order valence-electron chi connectivity index (χ4n) is 2.74. The molecule has 1 atom stereocenters. The normalized spacial score (nSPS) is 13.6. The summed E-state index contributed by atoms with van der Waals surface area (Å²) in [4.78, 5) is 12.5. The Morgan fingerprint density at radius 1 is 1.22 bits per heavy atom. The predicted molar refractivity (Wildman–Crippen MR) is 97.0 cm³/mol. The van der Waals surface area contributed by atoms with Crippen molar-refractivity contribution in [1.82, 2.24) is 0 Å². The zero-order chi connectivity index (χ0) is 17.3. The maximum absolute atomic E-state index is 12.5. The van der Waals surface area contributed by atoms with Crippen LogP contribution < -0.4 is 4.57 Å². The topological polar surface area (TPSA) is 41.2 Å². The van der Waals surface area contributed by atoms with E-state index in [0.717, 1.165) is 19.3 Å². The van der Waals surface area contributed by atoms with E-state index in [2.05, 4.69) is 29.4 Å². The second-order valence-electron chi connectivity index (χ2n) is 6.19. The van der Waals surface area contributed by atoms with Gasteiger partial charge in [0.15, 0.2) is 6.20 Å². The van der Waals surface area contributed by atoms with E-state index in [0.29, 0.717) is 16.6 Å². The number of rotatable bonds is 11. The van der Waals surface area contributed by atoms with Crippen molar-refractivity contribution in [3.63, 3.8) is 0 Å². The lowest BCUT2D eigenvalue weighted by atomic mass is 9.95. The molecule has 1 rings (SSSR count). The van der Waals surface area contributed by atoms with Crippen molar-refractivity contribution in [2.24, 2.45) is 0 Å². The summed E-state index contributed by atoms with van der Waals surface area (Å²) < 4.78 is 2.28. The van der Waals surface area contributed by atoms with Crippen LogP contribution in [0.3, 0.4) is 0 Å². The molecular formula is C19H29BrNO2+. The third kappa shape index (κ3) is 5.85. The van der Waals surface area contributed by atoms with Crippen LogP contribution >= 0.6 is 15.9 Å². The van der Waals surface area contributed by atoms with Gasteiger partial charge in [-0.25, -0.2) is 0 Å². The maximum atomic E-state index is 12.5. The molecule has 0 radical (unpaired) electrons. The number of halogens is 1. The Bertz CT molecular complexity index is 530. The minimum atomic E-state index is -1.56. The van der Waals surface area contributed by atoms with Gasteiger partial charge in [0.25, 0.3) is 10.4 Å². The smallest absolute Gasteiger partial charge is 0.328 e. The number of hydrogen-bond donors (Lipinski definition) is 1. The number of hydrogen-bond acceptors (Lipinski definition) is 2. The van der Waals surface area contributed by atoms with E-state index in [1.807, 2.05) is 18.2 Å². The summed E-state index contributed by atoms with van der Waals surface area (Å²) in [7, 11) is 0. The van der Waals surface area contributed by atoms with Gasteiger partial charge in [-0.3, -0.25) is 4.79 Å². The first kappa shape index (κ1) is 20.0. The minimum Gasteiger partial charge on any atom is -0.328 e. The minimum absolute atomic E-state index is 0.319. The molecular weight excluding hydrogens is 354 g/mol. The summed E-state index contributed by atoms with van der Waals surface area (Å²) in [5, 5.41) is 11.1. The average Bonchev–Trinajstić information content (AvgIpc) is 2.53. The molecule has 0 aliphatic heterocycles. The van der Waals surface area contributed by atoms with Crippen LogP contribution in [0.4, 0.5) is 0 Å². The zero-order valence-corrected chi connectivity index (χ0v) is 15.9. The molecule has 0 aliphatic carbocycles. The van der Waals surface area contributed by atoms with E-state index in [4.69, 9.17) is 0 Å². The molecule has 1 N–H and O–H groups in total. The fourth-order valence-corrected chi connectivity index (χ4v) is 3.30. The third-order valence-corrected chi connectivity index (χ3v) is 4.74. The van der Waals surface area contributed by atoms with E-state index in [9.17, 15) is 9.90 Å². The molecule has 0 aliphatic rings. The van der Waals surface area contributed by atoms with Crippen LogP contribution in [0.2, 0.25) is 0 Å². The summed E-state index contributed by atoms with van der Waals surface area (Å²) in [6.45, 7) is 7.57. The Balaban J connectivity index is 2.73. The SMILES string of the molecule is C=C(C)C(=O)C(O)(CCCCCCCCC)[n+]1ccccc1Br. The molecule has 1 aromatic rings. The van der Waals surface area contributed by atoms with Crippen LogP contribution in [0.5, 0.6) is 0 Å². The molecule has 1 aromatic heterocycles. The number of pyridine rings is 1. The maximum Gasteiger partial charge on any atom is 0.335 e. The largest absolute Gasteiger partial charge is 0.335 e. The van der Waals surface area contributed by atoms with Crippen molar-refractivity contribution in [1.29, 1.82) is 0 Å². The average molecular weight is 383 g/mol. The lowest BCUT2D eigenvalue weighted by molar-refractivity contribution is -0.798. The van der Waals surface area contributed by atoms with Crippen molar-refractivity contribution in [2.75, 3.05) is 0 Å². The number of Topliss-reactive ketones (excluding diaryl/α,β-unsaturated/α-hetero) is 1. The standard InChI is InChI=1S/C19H29BrNO2/c1-4-5-6-7-8-9-11-14-19(23,18(22)16(2)3)21-15-12-10-13-17(21)20/h10,12-13,15,23H,2,4-9,11,14H2,1,3H3/q+1. The third-order valence-electron chi connectivity index (χ3n) is 4.09. The molecule has 0 spiro atoms. The van der Waals surface area contributed by atoms with Gasteiger partial charge in [0.05, 0.1) is 0 Å². The molecule has 0 aromatic carbocycles. The predicted octanol–water partition coefficient (Wildman–Crippen LogP) is 4.67. The van der Waals surface area contributed by atoms with Gasteiger partial charge in [-0.15, -0.1) is 0 Å². The molecule has 23 heavy (non-hydrogen) atoms. The van der Waals surface area contributed by atoms with Gasteiger partial charge in [0.1, 0.15) is 0 Å². The van der Waals surface area contributed by atoms with Gasteiger partial charge in [0, 0.05) is 34.5 Å². The van der Waals surface area contributed by atoms with E-state index < -0.39 is 5.72 Å².